The average molecular weight is 429 g/mol. The summed E-state index contributed by atoms with van der Waals surface area (Å²) < 4.78 is 36.3. The van der Waals surface area contributed by atoms with Crippen LogP contribution in [0.15, 0.2) is 72.2 Å². The van der Waals surface area contributed by atoms with E-state index in [1.807, 2.05) is 0 Å². The van der Waals surface area contributed by atoms with Crippen LogP contribution in [0.5, 0.6) is 0 Å². The minimum atomic E-state index is -4.21. The van der Waals surface area contributed by atoms with Crippen molar-refractivity contribution in [2.45, 2.75) is 13.0 Å². The number of sulfone groups is 1. The van der Waals surface area contributed by atoms with Gasteiger partial charge in [0.15, 0.2) is 11.5 Å². The molecule has 156 valence electrons. The van der Waals surface area contributed by atoms with Gasteiger partial charge in [-0.1, -0.05) is 60.7 Å². The van der Waals surface area contributed by atoms with Crippen LogP contribution in [0.1, 0.15) is 18.1 Å². The number of rotatable bonds is 5. The van der Waals surface area contributed by atoms with Crippen LogP contribution in [-0.2, 0) is 24.1 Å². The highest BCUT2D eigenvalue weighted by atomic mass is 32.2. The maximum absolute atomic E-state index is 13.3. The van der Waals surface area contributed by atoms with Gasteiger partial charge in [-0.05, 0) is 18.1 Å². The summed E-state index contributed by atoms with van der Waals surface area (Å²) in [6.45, 7) is 1.37. The quantitative estimate of drug-likeness (QED) is 0.701. The van der Waals surface area contributed by atoms with Crippen LogP contribution in [0.2, 0.25) is 0 Å². The van der Waals surface area contributed by atoms with E-state index in [0.29, 0.717) is 0 Å². The van der Waals surface area contributed by atoms with Crippen LogP contribution in [0.3, 0.4) is 0 Å². The van der Waals surface area contributed by atoms with E-state index in [-0.39, 0.29) is 20.9 Å². The van der Waals surface area contributed by atoms with E-state index in [1.165, 1.54) is 31.2 Å². The molecule has 0 spiro atoms. The molecule has 1 amide bonds. The van der Waals surface area contributed by atoms with Crippen LogP contribution in [0, 0.1) is 0 Å². The summed E-state index contributed by atoms with van der Waals surface area (Å²) in [5.74, 6) is -1.93. The molecule has 2 aromatic carbocycles. The Morgan fingerprint density at radius 3 is 1.93 bits per heavy atom. The number of carbonyl (C=O) groups is 2. The molecule has 1 aliphatic rings. The Hall–Kier alpha value is -3.59. The van der Waals surface area contributed by atoms with Gasteiger partial charge in [-0.3, -0.25) is 0 Å². The van der Waals surface area contributed by atoms with Crippen molar-refractivity contribution >= 4 is 31.7 Å². The van der Waals surface area contributed by atoms with E-state index in [4.69, 9.17) is 4.74 Å². The van der Waals surface area contributed by atoms with Crippen molar-refractivity contribution < 1.29 is 32.6 Å². The lowest BCUT2D eigenvalue weighted by molar-refractivity contribution is -0.142. The fourth-order valence-electron chi connectivity index (χ4n) is 2.95. The topological polar surface area (TPSA) is 119 Å². The molecule has 9 heteroatoms. The lowest BCUT2D eigenvalue weighted by atomic mass is 10.1. The minimum absolute atomic E-state index is 0.235. The normalized spacial score (nSPS) is 16.2. The van der Waals surface area contributed by atoms with E-state index in [9.17, 15) is 23.1 Å². The summed E-state index contributed by atoms with van der Waals surface area (Å²) in [4.78, 5) is 23.1. The van der Waals surface area contributed by atoms with Gasteiger partial charge < -0.3 is 19.9 Å². The van der Waals surface area contributed by atoms with Crippen LogP contribution in [0.4, 0.5) is 4.79 Å². The zero-order chi connectivity index (χ0) is 21.9. The molecule has 2 aromatic rings. The van der Waals surface area contributed by atoms with Gasteiger partial charge in [0.1, 0.15) is 15.9 Å². The monoisotopic (exact) mass is 429 g/mol. The third kappa shape index (κ3) is 3.92. The Labute approximate surface area is 173 Å². The van der Waals surface area contributed by atoms with E-state index < -0.39 is 39.5 Å². The van der Waals surface area contributed by atoms with Crippen molar-refractivity contribution in [3.05, 3.63) is 83.3 Å². The van der Waals surface area contributed by atoms with Crippen molar-refractivity contribution in [3.63, 3.8) is 0 Å². The second kappa shape index (κ2) is 8.42. The fourth-order valence-corrected chi connectivity index (χ4v) is 4.78. The first kappa shape index (κ1) is 21.1. The number of carbonyl (C=O) groups excluding carboxylic acids is 2. The number of aliphatic hydroxyl groups excluding tert-OH is 1. The molecule has 2 N–H and O–H groups in total. The molecule has 0 fully saturated rings. The maximum atomic E-state index is 13.3. The summed E-state index contributed by atoms with van der Waals surface area (Å²) >= 11 is 0. The zero-order valence-corrected chi connectivity index (χ0v) is 17.0. The van der Waals surface area contributed by atoms with Gasteiger partial charge in [-0.15, -0.1) is 0 Å². The van der Waals surface area contributed by atoms with Crippen LogP contribution < -0.4 is 5.32 Å². The number of hydrogen-bond donors (Lipinski definition) is 2. The second-order valence-corrected chi connectivity index (χ2v) is 8.17. The Morgan fingerprint density at radius 1 is 0.933 bits per heavy atom. The molecular formula is C21H19NO7S. The number of ether oxygens (including phenoxy) is 2. The Morgan fingerprint density at radius 2 is 1.43 bits per heavy atom. The Kier molecular flexibility index (Phi) is 5.93. The lowest BCUT2D eigenvalue weighted by Gasteiger charge is -2.13. The van der Waals surface area contributed by atoms with E-state index in [0.717, 1.165) is 7.11 Å². The first-order valence-corrected chi connectivity index (χ1v) is 10.4. The fraction of sp³-hybridized carbons (Fsp3) is 0.143. The van der Waals surface area contributed by atoms with Crippen molar-refractivity contribution in [1.82, 2.24) is 5.32 Å². The van der Waals surface area contributed by atoms with Crippen molar-refractivity contribution in [2.75, 3.05) is 7.11 Å². The summed E-state index contributed by atoms with van der Waals surface area (Å²) in [6, 6.07) is 14.9. The highest BCUT2D eigenvalue weighted by Crippen LogP contribution is 2.45. The minimum Gasteiger partial charge on any atom is -0.503 e. The largest absolute Gasteiger partial charge is 0.503 e. The number of alkyl carbamates (subject to hydrolysis) is 1. The molecule has 0 aliphatic carbocycles. The number of nitrogens with one attached hydrogen (secondary N) is 1. The van der Waals surface area contributed by atoms with E-state index in [2.05, 4.69) is 10.1 Å². The molecule has 8 nitrogen and oxygen atoms in total. The number of methoxy groups -OCH3 is 1. The van der Waals surface area contributed by atoms with Crippen LogP contribution >= 0.6 is 0 Å². The van der Waals surface area contributed by atoms with Gasteiger partial charge >= 0.3 is 12.1 Å². The molecule has 1 unspecified atom stereocenters. The van der Waals surface area contributed by atoms with Crippen LogP contribution in [0.25, 0.3) is 9.81 Å². The van der Waals surface area contributed by atoms with E-state index >= 15 is 0 Å². The highest BCUT2D eigenvalue weighted by Gasteiger charge is 2.42. The molecule has 3 rings (SSSR count). The average Bonchev–Trinajstić information content (AvgIpc) is 2.93. The number of hydrogen-bond acceptors (Lipinski definition) is 7. The predicted molar refractivity (Wildman–Crippen MR) is 109 cm³/mol. The SMILES string of the molecule is COC(=O)C(C)NC(=O)OC1=C(c2ccccc2)S(=O)(=O)C(c2ccccc2)=C1O. The predicted octanol–water partition coefficient (Wildman–Crippen LogP) is 3.00. The molecule has 0 radical (unpaired) electrons. The Balaban J connectivity index is 2.09. The van der Waals surface area contributed by atoms with Gasteiger partial charge in [-0.2, -0.15) is 0 Å². The molecular weight excluding hydrogens is 410 g/mol. The highest BCUT2D eigenvalue weighted by molar-refractivity contribution is 8.09. The van der Waals surface area contributed by atoms with Crippen molar-refractivity contribution in [3.8, 4) is 0 Å². The number of aliphatic hydroxyl groups is 1. The van der Waals surface area contributed by atoms with Gasteiger partial charge in [-0.25, -0.2) is 18.0 Å². The molecule has 0 bridgehead atoms. The third-order valence-corrected chi connectivity index (χ3v) is 6.25. The maximum Gasteiger partial charge on any atom is 0.413 e. The van der Waals surface area contributed by atoms with Gasteiger partial charge in [0.25, 0.3) is 0 Å². The smallest absolute Gasteiger partial charge is 0.413 e. The second-order valence-electron chi connectivity index (χ2n) is 6.35. The van der Waals surface area contributed by atoms with Crippen molar-refractivity contribution in [2.24, 2.45) is 0 Å². The number of esters is 1. The third-order valence-electron chi connectivity index (χ3n) is 4.33. The standard InChI is InChI=1S/C21H19NO7S/c1-13(20(24)28-2)22-21(25)29-17-16(23)18(14-9-5-3-6-10-14)30(26,27)19(17)15-11-7-4-8-12-15/h3-13,23H,1-2H3,(H,22,25). The van der Waals surface area contributed by atoms with Gasteiger partial charge in [0.2, 0.25) is 9.84 Å². The molecule has 0 saturated carbocycles. The number of amides is 1. The molecule has 0 saturated heterocycles. The first-order valence-electron chi connectivity index (χ1n) is 8.87. The lowest BCUT2D eigenvalue weighted by Crippen LogP contribution is -2.39. The van der Waals surface area contributed by atoms with Gasteiger partial charge in [0.05, 0.1) is 7.11 Å². The molecule has 1 atom stereocenters. The summed E-state index contributed by atoms with van der Waals surface area (Å²) in [7, 11) is -3.06. The molecule has 30 heavy (non-hydrogen) atoms. The molecule has 0 aromatic heterocycles. The van der Waals surface area contributed by atoms with E-state index in [1.54, 1.807) is 36.4 Å². The van der Waals surface area contributed by atoms with Crippen molar-refractivity contribution in [1.29, 1.82) is 0 Å². The van der Waals surface area contributed by atoms with Crippen LogP contribution in [-0.4, -0.2) is 38.7 Å². The zero-order valence-electron chi connectivity index (χ0n) is 16.2. The first-order chi connectivity index (χ1) is 14.3. The number of benzene rings is 2. The summed E-state index contributed by atoms with van der Waals surface area (Å²) in [6.07, 6.45) is -1.12. The summed E-state index contributed by atoms with van der Waals surface area (Å²) in [5, 5.41) is 13.0. The molecule has 1 aliphatic heterocycles. The van der Waals surface area contributed by atoms with Gasteiger partial charge in [0, 0.05) is 0 Å². The summed E-state index contributed by atoms with van der Waals surface area (Å²) in [5.41, 5.74) is 0.476. The Bertz CT molecular complexity index is 1140. The molecule has 1 heterocycles.